The molecule has 0 spiro atoms. The topological polar surface area (TPSA) is 12.0 Å². The lowest BCUT2D eigenvalue weighted by molar-refractivity contribution is 0.686. The highest BCUT2D eigenvalue weighted by atomic mass is 79.9. The van der Waals surface area contributed by atoms with Crippen LogP contribution in [0.3, 0.4) is 0 Å². The molecule has 0 aliphatic heterocycles. The fourth-order valence-electron chi connectivity index (χ4n) is 2.26. The number of hydrogen-bond acceptors (Lipinski definition) is 1. The van der Waals surface area contributed by atoms with Gasteiger partial charge in [0.25, 0.3) is 0 Å². The molecule has 2 aromatic carbocycles. The van der Waals surface area contributed by atoms with Crippen molar-refractivity contribution < 1.29 is 0 Å². The second-order valence-corrected chi connectivity index (χ2v) is 6.02. The quantitative estimate of drug-likeness (QED) is 0.828. The van der Waals surface area contributed by atoms with Crippen LogP contribution in [0.2, 0.25) is 5.02 Å². The van der Waals surface area contributed by atoms with Gasteiger partial charge in [0.1, 0.15) is 0 Å². The van der Waals surface area contributed by atoms with Gasteiger partial charge in [0.15, 0.2) is 0 Å². The fraction of sp³-hybridized carbons (Fsp3) is 0.250. The van der Waals surface area contributed by atoms with Gasteiger partial charge in [0.2, 0.25) is 0 Å². The Morgan fingerprint density at radius 3 is 2.47 bits per heavy atom. The van der Waals surface area contributed by atoms with Crippen LogP contribution in [0.5, 0.6) is 0 Å². The van der Waals surface area contributed by atoms with E-state index in [0.29, 0.717) is 0 Å². The molecule has 0 heterocycles. The summed E-state index contributed by atoms with van der Waals surface area (Å²) in [7, 11) is 1.98. The summed E-state index contributed by atoms with van der Waals surface area (Å²) >= 11 is 9.55. The fourth-order valence-corrected chi connectivity index (χ4v) is 2.78. The lowest BCUT2D eigenvalue weighted by Crippen LogP contribution is -2.18. The SMILES string of the molecule is CNC(c1ccc(Cl)c(Br)c1)c1cc(C)ccc1C. The predicted octanol–water partition coefficient (Wildman–Crippen LogP) is 5.03. The summed E-state index contributed by atoms with van der Waals surface area (Å²) in [6.07, 6.45) is 0. The molecule has 19 heavy (non-hydrogen) atoms. The predicted molar refractivity (Wildman–Crippen MR) is 86.0 cm³/mol. The maximum atomic E-state index is 6.06. The minimum Gasteiger partial charge on any atom is -0.309 e. The summed E-state index contributed by atoms with van der Waals surface area (Å²) in [5.41, 5.74) is 5.06. The first-order valence-corrected chi connectivity index (χ1v) is 7.39. The van der Waals surface area contributed by atoms with Crippen LogP contribution in [0.4, 0.5) is 0 Å². The Bertz CT molecular complexity index is 595. The Kier molecular flexibility index (Phi) is 4.67. The van der Waals surface area contributed by atoms with E-state index in [1.54, 1.807) is 0 Å². The molecule has 2 rings (SSSR count). The lowest BCUT2D eigenvalue weighted by atomic mass is 9.94. The number of rotatable bonds is 3. The number of aryl methyl sites for hydroxylation is 2. The molecule has 3 heteroatoms. The standard InChI is InChI=1S/C16H17BrClN/c1-10-4-5-11(2)13(8-10)16(19-3)12-6-7-15(18)14(17)9-12/h4-9,16,19H,1-3H3. The van der Waals surface area contributed by atoms with Gasteiger partial charge in [0.05, 0.1) is 11.1 Å². The molecule has 0 bridgehead atoms. The first-order chi connectivity index (χ1) is 9.02. The molecule has 0 amide bonds. The van der Waals surface area contributed by atoms with E-state index in [0.717, 1.165) is 9.50 Å². The van der Waals surface area contributed by atoms with Gasteiger partial charge >= 0.3 is 0 Å². The largest absolute Gasteiger partial charge is 0.309 e. The lowest BCUT2D eigenvalue weighted by Gasteiger charge is -2.20. The third kappa shape index (κ3) is 3.19. The molecule has 100 valence electrons. The summed E-state index contributed by atoms with van der Waals surface area (Å²) in [6.45, 7) is 4.26. The maximum Gasteiger partial charge on any atom is 0.0577 e. The minimum atomic E-state index is 0.175. The molecule has 1 unspecified atom stereocenters. The zero-order valence-corrected chi connectivity index (χ0v) is 13.6. The van der Waals surface area contributed by atoms with Crippen molar-refractivity contribution in [1.82, 2.24) is 5.32 Å². The molecular weight excluding hydrogens is 322 g/mol. The summed E-state index contributed by atoms with van der Waals surface area (Å²) in [4.78, 5) is 0. The van der Waals surface area contributed by atoms with Crippen LogP contribution in [0.25, 0.3) is 0 Å². The van der Waals surface area contributed by atoms with Crippen LogP contribution in [-0.4, -0.2) is 7.05 Å². The zero-order valence-electron chi connectivity index (χ0n) is 11.3. The van der Waals surface area contributed by atoms with Crippen LogP contribution < -0.4 is 5.32 Å². The molecule has 1 atom stereocenters. The van der Waals surface area contributed by atoms with Crippen molar-refractivity contribution in [2.75, 3.05) is 7.05 Å². The summed E-state index contributed by atoms with van der Waals surface area (Å²) in [5.74, 6) is 0. The van der Waals surface area contributed by atoms with E-state index in [4.69, 9.17) is 11.6 Å². The number of hydrogen-bond donors (Lipinski definition) is 1. The molecule has 0 saturated carbocycles. The molecular formula is C16H17BrClN. The zero-order chi connectivity index (χ0) is 14.0. The number of nitrogens with one attached hydrogen (secondary N) is 1. The first kappa shape index (κ1) is 14.6. The maximum absolute atomic E-state index is 6.06. The van der Waals surface area contributed by atoms with Crippen molar-refractivity contribution in [3.8, 4) is 0 Å². The molecule has 0 radical (unpaired) electrons. The molecule has 1 nitrogen and oxygen atoms in total. The molecule has 0 aromatic heterocycles. The Labute approximate surface area is 128 Å². The molecule has 0 fully saturated rings. The van der Waals surface area contributed by atoms with E-state index < -0.39 is 0 Å². The van der Waals surface area contributed by atoms with Crippen LogP contribution >= 0.6 is 27.5 Å². The van der Waals surface area contributed by atoms with Gasteiger partial charge in [-0.05, 0) is 65.6 Å². The minimum absolute atomic E-state index is 0.175. The highest BCUT2D eigenvalue weighted by Gasteiger charge is 2.15. The van der Waals surface area contributed by atoms with Gasteiger partial charge < -0.3 is 5.32 Å². The average molecular weight is 339 g/mol. The highest BCUT2D eigenvalue weighted by Crippen LogP contribution is 2.30. The van der Waals surface area contributed by atoms with Crippen molar-refractivity contribution in [2.24, 2.45) is 0 Å². The molecule has 1 N–H and O–H groups in total. The summed E-state index contributed by atoms with van der Waals surface area (Å²) in [5, 5.41) is 4.12. The van der Waals surface area contributed by atoms with Crippen molar-refractivity contribution in [3.63, 3.8) is 0 Å². The van der Waals surface area contributed by atoms with Crippen LogP contribution in [-0.2, 0) is 0 Å². The van der Waals surface area contributed by atoms with Gasteiger partial charge in [-0.15, -0.1) is 0 Å². The van der Waals surface area contributed by atoms with Gasteiger partial charge in [-0.25, -0.2) is 0 Å². The van der Waals surface area contributed by atoms with E-state index in [2.05, 4.69) is 65.4 Å². The van der Waals surface area contributed by atoms with Gasteiger partial charge in [-0.3, -0.25) is 0 Å². The number of halogens is 2. The van der Waals surface area contributed by atoms with Crippen molar-refractivity contribution >= 4 is 27.5 Å². The van der Waals surface area contributed by atoms with E-state index in [9.17, 15) is 0 Å². The van der Waals surface area contributed by atoms with Crippen molar-refractivity contribution in [2.45, 2.75) is 19.9 Å². The van der Waals surface area contributed by atoms with Crippen LogP contribution in [0.15, 0.2) is 40.9 Å². The van der Waals surface area contributed by atoms with Gasteiger partial charge in [-0.1, -0.05) is 41.4 Å². The molecule has 0 aliphatic rings. The second kappa shape index (κ2) is 6.08. The molecule has 0 aliphatic carbocycles. The highest BCUT2D eigenvalue weighted by molar-refractivity contribution is 9.10. The number of benzene rings is 2. The van der Waals surface area contributed by atoms with E-state index in [1.165, 1.54) is 22.3 Å². The first-order valence-electron chi connectivity index (χ1n) is 6.22. The smallest absolute Gasteiger partial charge is 0.0577 e. The normalized spacial score (nSPS) is 12.5. The van der Waals surface area contributed by atoms with Gasteiger partial charge in [0, 0.05) is 4.47 Å². The third-order valence-electron chi connectivity index (χ3n) is 3.31. The van der Waals surface area contributed by atoms with Crippen molar-refractivity contribution in [1.29, 1.82) is 0 Å². The monoisotopic (exact) mass is 337 g/mol. The van der Waals surface area contributed by atoms with Crippen LogP contribution in [0, 0.1) is 13.8 Å². The average Bonchev–Trinajstić information content (AvgIpc) is 2.38. The Balaban J connectivity index is 2.49. The Hall–Kier alpha value is -0.830. The van der Waals surface area contributed by atoms with Crippen molar-refractivity contribution in [3.05, 3.63) is 68.1 Å². The summed E-state index contributed by atoms with van der Waals surface area (Å²) in [6, 6.07) is 12.8. The van der Waals surface area contributed by atoms with Crippen LogP contribution in [0.1, 0.15) is 28.3 Å². The van der Waals surface area contributed by atoms with E-state index in [-0.39, 0.29) is 6.04 Å². The third-order valence-corrected chi connectivity index (χ3v) is 4.53. The summed E-state index contributed by atoms with van der Waals surface area (Å²) < 4.78 is 0.928. The Morgan fingerprint density at radius 1 is 1.11 bits per heavy atom. The second-order valence-electron chi connectivity index (χ2n) is 4.76. The molecule has 0 saturated heterocycles. The van der Waals surface area contributed by atoms with E-state index in [1.807, 2.05) is 13.1 Å². The van der Waals surface area contributed by atoms with E-state index >= 15 is 0 Å². The molecule has 2 aromatic rings. The van der Waals surface area contributed by atoms with Gasteiger partial charge in [-0.2, -0.15) is 0 Å². The Morgan fingerprint density at radius 2 is 1.84 bits per heavy atom.